The lowest BCUT2D eigenvalue weighted by Gasteiger charge is -2.09. The highest BCUT2D eigenvalue weighted by molar-refractivity contribution is 7.80. The van der Waals surface area contributed by atoms with E-state index < -0.39 is 0 Å². The van der Waals surface area contributed by atoms with Gasteiger partial charge in [0.1, 0.15) is 0 Å². The molecule has 0 aliphatic rings. The summed E-state index contributed by atoms with van der Waals surface area (Å²) in [6, 6.07) is 10.2. The first-order valence-corrected chi connectivity index (χ1v) is 5.24. The quantitative estimate of drug-likeness (QED) is 0.465. The van der Waals surface area contributed by atoms with Gasteiger partial charge in [-0.3, -0.25) is 5.43 Å². The number of hydrazone groups is 1. The molecule has 0 saturated carbocycles. The van der Waals surface area contributed by atoms with Crippen molar-refractivity contribution in [1.29, 1.82) is 0 Å². The second-order valence-electron chi connectivity index (χ2n) is 3.41. The molecule has 3 nitrogen and oxygen atoms in total. The molecule has 15 heavy (non-hydrogen) atoms. The summed E-state index contributed by atoms with van der Waals surface area (Å²) < 4.78 is 0. The van der Waals surface area contributed by atoms with E-state index >= 15 is 0 Å². The van der Waals surface area contributed by atoms with Gasteiger partial charge in [-0.2, -0.15) is 5.10 Å². The molecule has 0 fully saturated rings. The summed E-state index contributed by atoms with van der Waals surface area (Å²) in [6.07, 6.45) is 1.73. The van der Waals surface area contributed by atoms with E-state index in [1.54, 1.807) is 6.21 Å². The Hall–Kier alpha value is -1.42. The van der Waals surface area contributed by atoms with Gasteiger partial charge in [-0.15, -0.1) is 0 Å². The van der Waals surface area contributed by atoms with Gasteiger partial charge in [-0.05, 0) is 31.6 Å². The van der Waals surface area contributed by atoms with Gasteiger partial charge >= 0.3 is 0 Å². The molecule has 0 aromatic heterocycles. The summed E-state index contributed by atoms with van der Waals surface area (Å²) in [6.45, 7) is 4.05. The van der Waals surface area contributed by atoms with Gasteiger partial charge in [0.05, 0.1) is 6.21 Å². The van der Waals surface area contributed by atoms with E-state index in [1.165, 1.54) is 0 Å². The Kier molecular flexibility index (Phi) is 4.77. The van der Waals surface area contributed by atoms with E-state index in [-0.39, 0.29) is 0 Å². The summed E-state index contributed by atoms with van der Waals surface area (Å²) >= 11 is 5.01. The van der Waals surface area contributed by atoms with Crippen LogP contribution in [0, 0.1) is 0 Å². The van der Waals surface area contributed by atoms with Crippen LogP contribution in [0.5, 0.6) is 0 Å². The molecular formula is C11H15N3S. The van der Waals surface area contributed by atoms with Gasteiger partial charge in [0.15, 0.2) is 5.11 Å². The third-order valence-corrected chi connectivity index (χ3v) is 1.81. The van der Waals surface area contributed by atoms with Gasteiger partial charge in [0.2, 0.25) is 0 Å². The van der Waals surface area contributed by atoms with Crippen molar-refractivity contribution in [2.45, 2.75) is 19.9 Å². The van der Waals surface area contributed by atoms with Gasteiger partial charge in [-0.25, -0.2) is 0 Å². The van der Waals surface area contributed by atoms with Crippen molar-refractivity contribution in [2.75, 3.05) is 0 Å². The van der Waals surface area contributed by atoms with Crippen LogP contribution in [0.25, 0.3) is 0 Å². The second kappa shape index (κ2) is 6.14. The molecule has 2 N–H and O–H groups in total. The van der Waals surface area contributed by atoms with Crippen LogP contribution in [0.1, 0.15) is 19.4 Å². The average molecular weight is 221 g/mol. The van der Waals surface area contributed by atoms with Gasteiger partial charge in [0, 0.05) is 6.04 Å². The maximum absolute atomic E-state index is 5.01. The minimum Gasteiger partial charge on any atom is -0.359 e. The first-order valence-electron chi connectivity index (χ1n) is 4.83. The van der Waals surface area contributed by atoms with E-state index in [9.17, 15) is 0 Å². The average Bonchev–Trinajstić information content (AvgIpc) is 2.18. The Balaban J connectivity index is 2.37. The molecule has 80 valence electrons. The third-order valence-electron chi connectivity index (χ3n) is 1.60. The topological polar surface area (TPSA) is 36.4 Å². The van der Waals surface area contributed by atoms with E-state index in [1.807, 2.05) is 44.2 Å². The molecule has 0 unspecified atom stereocenters. The first-order chi connectivity index (χ1) is 7.18. The fraction of sp³-hybridized carbons (Fsp3) is 0.273. The van der Waals surface area contributed by atoms with Crippen LogP contribution >= 0.6 is 12.2 Å². The molecule has 4 heteroatoms. The van der Waals surface area contributed by atoms with Crippen LogP contribution in [0.3, 0.4) is 0 Å². The van der Waals surface area contributed by atoms with Crippen LogP contribution in [-0.4, -0.2) is 17.4 Å². The summed E-state index contributed by atoms with van der Waals surface area (Å²) in [4.78, 5) is 0. The molecule has 0 atom stereocenters. The lowest BCUT2D eigenvalue weighted by Crippen LogP contribution is -2.36. The molecule has 0 saturated heterocycles. The normalized spacial score (nSPS) is 10.6. The number of benzene rings is 1. The predicted octanol–water partition coefficient (Wildman–Crippen LogP) is 1.89. The summed E-state index contributed by atoms with van der Waals surface area (Å²) in [7, 11) is 0. The largest absolute Gasteiger partial charge is 0.359 e. The highest BCUT2D eigenvalue weighted by atomic mass is 32.1. The zero-order chi connectivity index (χ0) is 11.1. The molecule has 1 aromatic rings. The Labute approximate surface area is 95.6 Å². The molecule has 0 aliphatic carbocycles. The Morgan fingerprint density at radius 3 is 2.60 bits per heavy atom. The SMILES string of the molecule is CC(C)NC(=S)NN=Cc1ccccc1. The molecular weight excluding hydrogens is 206 g/mol. The van der Waals surface area contributed by atoms with Crippen LogP contribution in [0.15, 0.2) is 35.4 Å². The molecule has 1 aromatic carbocycles. The number of nitrogens with one attached hydrogen (secondary N) is 2. The first kappa shape index (κ1) is 11.7. The van der Waals surface area contributed by atoms with Gasteiger partial charge in [-0.1, -0.05) is 30.3 Å². The molecule has 0 heterocycles. The van der Waals surface area contributed by atoms with Crippen LogP contribution in [-0.2, 0) is 0 Å². The zero-order valence-corrected chi connectivity index (χ0v) is 9.71. The molecule has 0 bridgehead atoms. The fourth-order valence-electron chi connectivity index (χ4n) is 0.999. The van der Waals surface area contributed by atoms with Gasteiger partial charge in [0.25, 0.3) is 0 Å². The van der Waals surface area contributed by atoms with E-state index in [0.717, 1.165) is 5.56 Å². The summed E-state index contributed by atoms with van der Waals surface area (Å²) in [5.41, 5.74) is 3.79. The maximum atomic E-state index is 5.01. The summed E-state index contributed by atoms with van der Waals surface area (Å²) in [5.74, 6) is 0. The number of hydrogen-bond donors (Lipinski definition) is 2. The maximum Gasteiger partial charge on any atom is 0.187 e. The lowest BCUT2D eigenvalue weighted by molar-refractivity contribution is 0.720. The molecule has 0 radical (unpaired) electrons. The third kappa shape index (κ3) is 5.12. The molecule has 0 spiro atoms. The number of nitrogens with zero attached hydrogens (tertiary/aromatic N) is 1. The molecule has 0 amide bonds. The van der Waals surface area contributed by atoms with Gasteiger partial charge < -0.3 is 5.32 Å². The van der Waals surface area contributed by atoms with Crippen LogP contribution in [0.2, 0.25) is 0 Å². The van der Waals surface area contributed by atoms with Crippen molar-refractivity contribution < 1.29 is 0 Å². The second-order valence-corrected chi connectivity index (χ2v) is 3.82. The monoisotopic (exact) mass is 221 g/mol. The van der Waals surface area contributed by atoms with E-state index in [4.69, 9.17) is 12.2 Å². The molecule has 0 aliphatic heterocycles. The van der Waals surface area contributed by atoms with Crippen molar-refractivity contribution in [3.8, 4) is 0 Å². The Bertz CT molecular complexity index is 333. The highest BCUT2D eigenvalue weighted by Crippen LogP contribution is 1.92. The standard InChI is InChI=1S/C11H15N3S/c1-9(2)13-11(15)14-12-8-10-6-4-3-5-7-10/h3-9H,1-2H3,(H2,13,14,15). The smallest absolute Gasteiger partial charge is 0.187 e. The van der Waals surface area contributed by atoms with Crippen LogP contribution < -0.4 is 10.7 Å². The van der Waals surface area contributed by atoms with Crippen molar-refractivity contribution in [2.24, 2.45) is 5.10 Å². The summed E-state index contributed by atoms with van der Waals surface area (Å²) in [5, 5.41) is 7.59. The van der Waals surface area contributed by atoms with E-state index in [0.29, 0.717) is 11.2 Å². The Morgan fingerprint density at radius 2 is 2.00 bits per heavy atom. The Morgan fingerprint density at radius 1 is 1.33 bits per heavy atom. The predicted molar refractivity (Wildman–Crippen MR) is 68.0 cm³/mol. The van der Waals surface area contributed by atoms with Crippen molar-refractivity contribution in [3.05, 3.63) is 35.9 Å². The lowest BCUT2D eigenvalue weighted by atomic mass is 10.2. The van der Waals surface area contributed by atoms with Crippen molar-refractivity contribution >= 4 is 23.5 Å². The number of hydrogen-bond acceptors (Lipinski definition) is 2. The number of rotatable bonds is 3. The number of thiocarbonyl (C=S) groups is 1. The van der Waals surface area contributed by atoms with Crippen molar-refractivity contribution in [1.82, 2.24) is 10.7 Å². The highest BCUT2D eigenvalue weighted by Gasteiger charge is 1.94. The minimum absolute atomic E-state index is 0.317. The van der Waals surface area contributed by atoms with E-state index in [2.05, 4.69) is 15.8 Å². The molecule has 1 rings (SSSR count). The van der Waals surface area contributed by atoms with Crippen molar-refractivity contribution in [3.63, 3.8) is 0 Å². The fourth-order valence-corrected chi connectivity index (χ4v) is 1.29. The zero-order valence-electron chi connectivity index (χ0n) is 8.90. The van der Waals surface area contributed by atoms with Crippen LogP contribution in [0.4, 0.5) is 0 Å². The minimum atomic E-state index is 0.317.